The first-order chi connectivity index (χ1) is 21.7. The average Bonchev–Trinajstić information content (AvgIpc) is 3.07. The van der Waals surface area contributed by atoms with E-state index in [0.717, 1.165) is 16.7 Å². The molecule has 0 aliphatic rings. The quantitative estimate of drug-likeness (QED) is 0.191. The summed E-state index contributed by atoms with van der Waals surface area (Å²) in [6.45, 7) is 2.41. The van der Waals surface area contributed by atoms with E-state index in [0.29, 0.717) is 23.5 Å². The minimum absolute atomic E-state index is 0.110. The van der Waals surface area contributed by atoms with E-state index in [4.69, 9.17) is 9.47 Å². The van der Waals surface area contributed by atoms with Crippen molar-refractivity contribution in [1.29, 1.82) is 0 Å². The summed E-state index contributed by atoms with van der Waals surface area (Å²) in [5.41, 5.74) is 3.13. The molecule has 4 rings (SSSR count). The summed E-state index contributed by atoms with van der Waals surface area (Å²) >= 11 is 0. The maximum Gasteiger partial charge on any atom is 0.247 e. The standard InChI is InChI=1S/C35H39N3O6S/c1-4-37-45(41,42)31-21-16-26(17-22-31)18-23-33(39)38(25-27-14-19-30(43-2)20-15-27)34(28-10-6-5-7-11-28)35(40)36-24-29-12-8-9-13-32(29)44-3/h5-17,19-22,34,37H,4,18,23-25H2,1-3H3,(H,36,40)/t34-/m0/s1. The van der Waals surface area contributed by atoms with Gasteiger partial charge in [0.15, 0.2) is 0 Å². The first kappa shape index (κ1) is 33.2. The number of ether oxygens (including phenoxy) is 2. The van der Waals surface area contributed by atoms with Crippen LogP contribution in [0.4, 0.5) is 0 Å². The number of carbonyl (C=O) groups excluding carboxylic acids is 2. The van der Waals surface area contributed by atoms with Crippen molar-refractivity contribution in [3.05, 3.63) is 125 Å². The Morgan fingerprint density at radius 1 is 0.800 bits per heavy atom. The van der Waals surface area contributed by atoms with Gasteiger partial charge in [-0.1, -0.05) is 79.7 Å². The van der Waals surface area contributed by atoms with E-state index >= 15 is 0 Å². The van der Waals surface area contributed by atoms with Crippen LogP contribution in [0.1, 0.15) is 41.6 Å². The summed E-state index contributed by atoms with van der Waals surface area (Å²) in [7, 11) is -0.411. The van der Waals surface area contributed by atoms with Crippen molar-refractivity contribution >= 4 is 21.8 Å². The number of nitrogens with zero attached hydrogens (tertiary/aromatic N) is 1. The van der Waals surface area contributed by atoms with Crippen LogP contribution in [0.25, 0.3) is 0 Å². The third kappa shape index (κ3) is 8.93. The van der Waals surface area contributed by atoms with Crippen LogP contribution in [-0.4, -0.2) is 45.9 Å². The Morgan fingerprint density at radius 2 is 1.44 bits per heavy atom. The topological polar surface area (TPSA) is 114 Å². The number of methoxy groups -OCH3 is 2. The predicted molar refractivity (Wildman–Crippen MR) is 173 cm³/mol. The molecule has 0 aliphatic heterocycles. The third-order valence-corrected chi connectivity index (χ3v) is 8.91. The van der Waals surface area contributed by atoms with E-state index in [9.17, 15) is 18.0 Å². The molecule has 4 aromatic rings. The molecular weight excluding hydrogens is 590 g/mol. The zero-order valence-electron chi connectivity index (χ0n) is 25.7. The number of nitrogens with one attached hydrogen (secondary N) is 2. The number of hydrogen-bond acceptors (Lipinski definition) is 6. The molecule has 1 atom stereocenters. The van der Waals surface area contributed by atoms with Gasteiger partial charge in [-0.05, 0) is 53.4 Å². The summed E-state index contributed by atoms with van der Waals surface area (Å²) in [6.07, 6.45) is 0.475. The number of rotatable bonds is 15. The van der Waals surface area contributed by atoms with Crippen molar-refractivity contribution in [3.8, 4) is 11.5 Å². The van der Waals surface area contributed by atoms with Crippen molar-refractivity contribution in [2.75, 3.05) is 20.8 Å². The maximum atomic E-state index is 14.0. The fourth-order valence-electron chi connectivity index (χ4n) is 4.99. The molecule has 0 unspecified atom stereocenters. The molecular formula is C35H39N3O6S. The normalized spacial score (nSPS) is 11.8. The van der Waals surface area contributed by atoms with E-state index in [1.807, 2.05) is 78.9 Å². The van der Waals surface area contributed by atoms with E-state index in [1.165, 1.54) is 12.1 Å². The van der Waals surface area contributed by atoms with Crippen molar-refractivity contribution in [3.63, 3.8) is 0 Å². The molecule has 0 saturated carbocycles. The van der Waals surface area contributed by atoms with Gasteiger partial charge in [-0.15, -0.1) is 0 Å². The SMILES string of the molecule is CCNS(=O)(=O)c1ccc(CCC(=O)N(Cc2ccc(OC)cc2)[C@H](C(=O)NCc2ccccc2OC)c2ccccc2)cc1. The second kappa shape index (κ2) is 15.9. The van der Waals surface area contributed by atoms with Crippen molar-refractivity contribution in [2.45, 2.75) is 43.8 Å². The highest BCUT2D eigenvalue weighted by atomic mass is 32.2. The van der Waals surface area contributed by atoms with Crippen molar-refractivity contribution in [2.24, 2.45) is 0 Å². The van der Waals surface area contributed by atoms with Gasteiger partial charge in [-0.25, -0.2) is 13.1 Å². The molecule has 10 heteroatoms. The smallest absolute Gasteiger partial charge is 0.247 e. The van der Waals surface area contributed by atoms with Gasteiger partial charge in [0, 0.05) is 31.6 Å². The molecule has 0 fully saturated rings. The second-order valence-electron chi connectivity index (χ2n) is 10.4. The Labute approximate surface area is 265 Å². The Morgan fingerprint density at radius 3 is 2.09 bits per heavy atom. The molecule has 2 N–H and O–H groups in total. The lowest BCUT2D eigenvalue weighted by Gasteiger charge is -2.32. The number of sulfonamides is 1. The van der Waals surface area contributed by atoms with Gasteiger partial charge in [0.1, 0.15) is 17.5 Å². The molecule has 0 spiro atoms. The fraction of sp³-hybridized carbons (Fsp3) is 0.257. The van der Waals surface area contributed by atoms with Crippen LogP contribution < -0.4 is 19.5 Å². The molecule has 0 saturated heterocycles. The molecule has 0 aromatic heterocycles. The summed E-state index contributed by atoms with van der Waals surface area (Å²) in [4.78, 5) is 29.8. The molecule has 0 radical (unpaired) electrons. The minimum Gasteiger partial charge on any atom is -0.497 e. The highest BCUT2D eigenvalue weighted by Gasteiger charge is 2.31. The van der Waals surface area contributed by atoms with Crippen molar-refractivity contribution in [1.82, 2.24) is 14.9 Å². The Balaban J connectivity index is 1.62. The molecule has 0 heterocycles. The Hall–Kier alpha value is -4.67. The van der Waals surface area contributed by atoms with E-state index in [1.54, 1.807) is 38.2 Å². The Kier molecular flexibility index (Phi) is 11.7. The van der Waals surface area contributed by atoms with Crippen LogP contribution in [0.3, 0.4) is 0 Å². The summed E-state index contributed by atoms with van der Waals surface area (Å²) < 4.78 is 37.9. The number of benzene rings is 4. The lowest BCUT2D eigenvalue weighted by atomic mass is 10.0. The molecule has 4 aromatic carbocycles. The first-order valence-corrected chi connectivity index (χ1v) is 16.2. The van der Waals surface area contributed by atoms with E-state index in [-0.39, 0.29) is 42.8 Å². The van der Waals surface area contributed by atoms with Gasteiger partial charge in [0.25, 0.3) is 0 Å². The highest BCUT2D eigenvalue weighted by Crippen LogP contribution is 2.27. The number of para-hydroxylation sites is 1. The predicted octanol–water partition coefficient (Wildman–Crippen LogP) is 5.02. The number of amides is 2. The lowest BCUT2D eigenvalue weighted by molar-refractivity contribution is -0.141. The molecule has 9 nitrogen and oxygen atoms in total. The maximum absolute atomic E-state index is 14.0. The van der Waals surface area contributed by atoms with E-state index < -0.39 is 16.1 Å². The summed E-state index contributed by atoms with van der Waals surface area (Å²) in [6, 6.07) is 29.6. The number of aryl methyl sites for hydroxylation is 1. The Bertz CT molecular complexity index is 1660. The number of hydrogen-bond donors (Lipinski definition) is 2. The molecule has 45 heavy (non-hydrogen) atoms. The summed E-state index contributed by atoms with van der Waals surface area (Å²) in [5.74, 6) is 0.790. The zero-order valence-corrected chi connectivity index (χ0v) is 26.5. The summed E-state index contributed by atoms with van der Waals surface area (Å²) in [5, 5.41) is 3.02. The lowest BCUT2D eigenvalue weighted by Crippen LogP contribution is -2.43. The second-order valence-corrected chi connectivity index (χ2v) is 12.1. The van der Waals surface area contributed by atoms with E-state index in [2.05, 4.69) is 10.0 Å². The van der Waals surface area contributed by atoms with Crippen LogP contribution in [0.2, 0.25) is 0 Å². The van der Waals surface area contributed by atoms with Gasteiger partial charge < -0.3 is 19.7 Å². The van der Waals surface area contributed by atoms with Crippen LogP contribution in [0.15, 0.2) is 108 Å². The third-order valence-electron chi connectivity index (χ3n) is 7.35. The fourth-order valence-corrected chi connectivity index (χ4v) is 6.03. The first-order valence-electron chi connectivity index (χ1n) is 14.7. The monoisotopic (exact) mass is 629 g/mol. The van der Waals surface area contributed by atoms with Crippen molar-refractivity contribution < 1.29 is 27.5 Å². The van der Waals surface area contributed by atoms with Crippen LogP contribution in [0, 0.1) is 0 Å². The van der Waals surface area contributed by atoms with Crippen LogP contribution >= 0.6 is 0 Å². The average molecular weight is 630 g/mol. The number of carbonyl (C=O) groups is 2. The molecule has 236 valence electrons. The molecule has 0 bridgehead atoms. The van der Waals surface area contributed by atoms with Gasteiger partial charge in [-0.2, -0.15) is 0 Å². The van der Waals surface area contributed by atoms with Crippen LogP contribution in [0.5, 0.6) is 11.5 Å². The highest BCUT2D eigenvalue weighted by molar-refractivity contribution is 7.89. The van der Waals surface area contributed by atoms with Crippen LogP contribution in [-0.2, 0) is 39.1 Å². The molecule has 0 aliphatic carbocycles. The van der Waals surface area contributed by atoms with Gasteiger partial charge >= 0.3 is 0 Å². The largest absolute Gasteiger partial charge is 0.497 e. The minimum atomic E-state index is -3.58. The van der Waals surface area contributed by atoms with Gasteiger partial charge in [-0.3, -0.25) is 9.59 Å². The van der Waals surface area contributed by atoms with Gasteiger partial charge in [0.2, 0.25) is 21.8 Å². The molecule has 2 amide bonds. The van der Waals surface area contributed by atoms with Gasteiger partial charge in [0.05, 0.1) is 19.1 Å². The zero-order chi connectivity index (χ0) is 32.2.